The van der Waals surface area contributed by atoms with Crippen molar-refractivity contribution >= 4 is 5.91 Å². The van der Waals surface area contributed by atoms with Crippen molar-refractivity contribution in [1.29, 1.82) is 0 Å². The molecule has 0 aromatic heterocycles. The monoisotopic (exact) mass is 173 g/mol. The lowest BCUT2D eigenvalue weighted by atomic mass is 10.3. The number of rotatable bonds is 5. The van der Waals surface area contributed by atoms with E-state index in [1.807, 2.05) is 0 Å². The van der Waals surface area contributed by atoms with Gasteiger partial charge in [0.2, 0.25) is 5.91 Å². The molecule has 72 valence electrons. The van der Waals surface area contributed by atoms with Crippen LogP contribution in [0.1, 0.15) is 19.8 Å². The van der Waals surface area contributed by atoms with Gasteiger partial charge in [0.05, 0.1) is 27.7 Å². The van der Waals surface area contributed by atoms with Crippen molar-refractivity contribution in [1.82, 2.24) is 5.32 Å². The summed E-state index contributed by atoms with van der Waals surface area (Å²) in [7, 11) is 6.54. The maximum atomic E-state index is 10.5. The molecule has 3 nitrogen and oxygen atoms in total. The minimum absolute atomic E-state index is 0.0697. The van der Waals surface area contributed by atoms with Crippen molar-refractivity contribution in [3.05, 3.63) is 0 Å². The zero-order valence-corrected chi connectivity index (χ0v) is 8.68. The highest BCUT2D eigenvalue weighted by molar-refractivity contribution is 5.72. The molecule has 0 fully saturated rings. The highest BCUT2D eigenvalue weighted by atomic mass is 16.1. The zero-order chi connectivity index (χ0) is 9.61. The Kier molecular flexibility index (Phi) is 4.90. The Bertz CT molecular complexity index is 138. The summed E-state index contributed by atoms with van der Waals surface area (Å²) in [6.45, 7) is 3.54. The van der Waals surface area contributed by atoms with Gasteiger partial charge in [0.15, 0.2) is 0 Å². The third-order valence-corrected chi connectivity index (χ3v) is 1.63. The quantitative estimate of drug-likeness (QED) is 0.479. The molecule has 0 rings (SSSR count). The fraction of sp³-hybridized carbons (Fsp3) is 0.889. The molecule has 0 atom stereocenters. The molecule has 0 aliphatic heterocycles. The lowest BCUT2D eigenvalue weighted by Crippen LogP contribution is -2.35. The molecule has 3 heteroatoms. The molecular weight excluding hydrogens is 152 g/mol. The van der Waals surface area contributed by atoms with Gasteiger partial charge in [0.1, 0.15) is 0 Å². The average Bonchev–Trinajstić information content (AvgIpc) is 1.83. The van der Waals surface area contributed by atoms with Gasteiger partial charge in [-0.05, 0) is 12.8 Å². The number of hydrogen-bond donors (Lipinski definition) is 1. The predicted octanol–water partition coefficient (Wildman–Crippen LogP) is 0.609. The smallest absolute Gasteiger partial charge is 0.216 e. The Labute approximate surface area is 75.3 Å². The van der Waals surface area contributed by atoms with E-state index in [4.69, 9.17) is 0 Å². The van der Waals surface area contributed by atoms with Crippen molar-refractivity contribution in [3.8, 4) is 0 Å². The molecular formula is C9H21N2O+. The number of nitrogens with zero attached hydrogens (tertiary/aromatic N) is 1. The molecule has 0 radical (unpaired) electrons. The van der Waals surface area contributed by atoms with Gasteiger partial charge in [-0.1, -0.05) is 0 Å². The first-order valence-corrected chi connectivity index (χ1v) is 4.47. The first-order valence-electron chi connectivity index (χ1n) is 4.47. The topological polar surface area (TPSA) is 29.1 Å². The Balaban J connectivity index is 3.17. The molecule has 0 aromatic rings. The zero-order valence-electron chi connectivity index (χ0n) is 8.68. The van der Waals surface area contributed by atoms with Gasteiger partial charge in [0, 0.05) is 13.5 Å². The van der Waals surface area contributed by atoms with Crippen LogP contribution in [-0.4, -0.2) is 44.6 Å². The fourth-order valence-electron chi connectivity index (χ4n) is 0.976. The van der Waals surface area contributed by atoms with E-state index >= 15 is 0 Å². The number of carbonyl (C=O) groups excluding carboxylic acids is 1. The van der Waals surface area contributed by atoms with Gasteiger partial charge in [-0.15, -0.1) is 0 Å². The molecule has 0 aliphatic rings. The summed E-state index contributed by atoms with van der Waals surface area (Å²) < 4.78 is 1.00. The van der Waals surface area contributed by atoms with E-state index in [2.05, 4.69) is 26.5 Å². The molecule has 0 aliphatic carbocycles. The van der Waals surface area contributed by atoms with Gasteiger partial charge < -0.3 is 9.80 Å². The van der Waals surface area contributed by atoms with Gasteiger partial charge in [-0.3, -0.25) is 4.79 Å². The second kappa shape index (κ2) is 5.14. The molecule has 0 spiro atoms. The molecule has 0 aromatic carbocycles. The standard InChI is InChI=1S/C9H20N2O/c1-9(12)10-7-5-6-8-11(2,3)4/h5-8H2,1-4H3/p+1. The summed E-state index contributed by atoms with van der Waals surface area (Å²) in [6.07, 6.45) is 2.25. The maximum absolute atomic E-state index is 10.5. The van der Waals surface area contributed by atoms with Crippen molar-refractivity contribution in [2.75, 3.05) is 34.2 Å². The summed E-state index contributed by atoms with van der Waals surface area (Å²) in [5, 5.41) is 2.79. The Morgan fingerprint density at radius 3 is 2.25 bits per heavy atom. The lowest BCUT2D eigenvalue weighted by Gasteiger charge is -2.23. The van der Waals surface area contributed by atoms with Gasteiger partial charge in [-0.2, -0.15) is 0 Å². The van der Waals surface area contributed by atoms with Crippen LogP contribution in [-0.2, 0) is 4.79 Å². The average molecular weight is 173 g/mol. The summed E-state index contributed by atoms with van der Waals surface area (Å²) in [4.78, 5) is 10.5. The van der Waals surface area contributed by atoms with E-state index < -0.39 is 0 Å². The van der Waals surface area contributed by atoms with Crippen LogP contribution in [0.3, 0.4) is 0 Å². The van der Waals surface area contributed by atoms with Crippen LogP contribution in [0.15, 0.2) is 0 Å². The van der Waals surface area contributed by atoms with Crippen LogP contribution in [0.25, 0.3) is 0 Å². The van der Waals surface area contributed by atoms with Crippen LogP contribution in [0, 0.1) is 0 Å². The predicted molar refractivity (Wildman–Crippen MR) is 50.8 cm³/mol. The number of unbranched alkanes of at least 4 members (excludes halogenated alkanes) is 1. The minimum Gasteiger partial charge on any atom is -0.356 e. The van der Waals surface area contributed by atoms with E-state index in [0.717, 1.165) is 17.4 Å². The van der Waals surface area contributed by atoms with Crippen LogP contribution in [0.4, 0.5) is 0 Å². The first-order chi connectivity index (χ1) is 5.42. The number of carbonyl (C=O) groups is 1. The van der Waals surface area contributed by atoms with Crippen LogP contribution < -0.4 is 5.32 Å². The van der Waals surface area contributed by atoms with Crippen LogP contribution in [0.5, 0.6) is 0 Å². The normalized spacial score (nSPS) is 11.3. The second-order valence-corrected chi connectivity index (χ2v) is 4.20. The molecule has 1 N–H and O–H groups in total. The summed E-state index contributed by atoms with van der Waals surface area (Å²) in [6, 6.07) is 0. The number of quaternary nitrogens is 1. The van der Waals surface area contributed by atoms with Crippen molar-refractivity contribution in [2.24, 2.45) is 0 Å². The number of amides is 1. The lowest BCUT2D eigenvalue weighted by molar-refractivity contribution is -0.870. The van der Waals surface area contributed by atoms with Crippen LogP contribution in [0.2, 0.25) is 0 Å². The summed E-state index contributed by atoms with van der Waals surface area (Å²) in [5.74, 6) is 0.0697. The molecule has 12 heavy (non-hydrogen) atoms. The Hall–Kier alpha value is -0.570. The van der Waals surface area contributed by atoms with Gasteiger partial charge in [0.25, 0.3) is 0 Å². The molecule has 0 saturated heterocycles. The number of hydrogen-bond acceptors (Lipinski definition) is 1. The third kappa shape index (κ3) is 9.43. The van der Waals surface area contributed by atoms with Crippen molar-refractivity contribution < 1.29 is 9.28 Å². The fourth-order valence-corrected chi connectivity index (χ4v) is 0.976. The van der Waals surface area contributed by atoms with E-state index in [1.54, 1.807) is 6.92 Å². The van der Waals surface area contributed by atoms with Crippen molar-refractivity contribution in [3.63, 3.8) is 0 Å². The van der Waals surface area contributed by atoms with Crippen molar-refractivity contribution in [2.45, 2.75) is 19.8 Å². The first kappa shape index (κ1) is 11.4. The van der Waals surface area contributed by atoms with Gasteiger partial charge in [-0.25, -0.2) is 0 Å². The SMILES string of the molecule is CC(=O)NCCCC[N+](C)(C)C. The minimum atomic E-state index is 0.0697. The maximum Gasteiger partial charge on any atom is 0.216 e. The van der Waals surface area contributed by atoms with E-state index in [-0.39, 0.29) is 5.91 Å². The third-order valence-electron chi connectivity index (χ3n) is 1.63. The van der Waals surface area contributed by atoms with E-state index in [9.17, 15) is 4.79 Å². The number of nitrogens with one attached hydrogen (secondary N) is 1. The second-order valence-electron chi connectivity index (χ2n) is 4.20. The summed E-state index contributed by atoms with van der Waals surface area (Å²) >= 11 is 0. The highest BCUT2D eigenvalue weighted by Gasteiger charge is 2.04. The Morgan fingerprint density at radius 2 is 1.83 bits per heavy atom. The molecule has 0 saturated carbocycles. The Morgan fingerprint density at radius 1 is 1.25 bits per heavy atom. The molecule has 0 heterocycles. The molecule has 0 bridgehead atoms. The summed E-state index contributed by atoms with van der Waals surface area (Å²) in [5.41, 5.74) is 0. The largest absolute Gasteiger partial charge is 0.356 e. The van der Waals surface area contributed by atoms with Gasteiger partial charge >= 0.3 is 0 Å². The molecule has 1 amide bonds. The highest BCUT2D eigenvalue weighted by Crippen LogP contribution is 1.95. The van der Waals surface area contributed by atoms with Crippen LogP contribution >= 0.6 is 0 Å². The van der Waals surface area contributed by atoms with E-state index in [0.29, 0.717) is 0 Å². The molecule has 0 unspecified atom stereocenters. The van der Waals surface area contributed by atoms with E-state index in [1.165, 1.54) is 13.0 Å².